The van der Waals surface area contributed by atoms with Crippen LogP contribution in [0.4, 0.5) is 5.69 Å². The number of carbonyl (C=O) groups is 1. The maximum Gasteiger partial charge on any atom is 0.311 e. The summed E-state index contributed by atoms with van der Waals surface area (Å²) in [6.07, 6.45) is -4.04. The molecule has 18 atom stereocenters. The van der Waals surface area contributed by atoms with Gasteiger partial charge >= 0.3 is 5.97 Å². The van der Waals surface area contributed by atoms with Crippen LogP contribution in [0.3, 0.4) is 0 Å². The average molecular weight is 1010 g/mol. The molecule has 0 unspecified atom stereocenters. The minimum atomic E-state index is -1.84. The van der Waals surface area contributed by atoms with Crippen molar-refractivity contribution in [2.45, 2.75) is 217 Å². The van der Waals surface area contributed by atoms with Crippen LogP contribution in [-0.2, 0) is 52.6 Å². The van der Waals surface area contributed by atoms with Gasteiger partial charge < -0.3 is 63.8 Å². The van der Waals surface area contributed by atoms with E-state index in [1.54, 1.807) is 58.4 Å². The highest BCUT2D eigenvalue weighted by Crippen LogP contribution is 2.40. The number of esters is 1. The summed E-state index contributed by atoms with van der Waals surface area (Å²) < 4.78 is 40.0. The van der Waals surface area contributed by atoms with Gasteiger partial charge in [0.1, 0.15) is 30.0 Å². The number of aromatic nitrogens is 3. The van der Waals surface area contributed by atoms with Gasteiger partial charge in [-0.1, -0.05) is 38.1 Å². The van der Waals surface area contributed by atoms with E-state index in [0.717, 1.165) is 24.1 Å². The van der Waals surface area contributed by atoms with Crippen molar-refractivity contribution >= 4 is 11.7 Å². The van der Waals surface area contributed by atoms with Crippen molar-refractivity contribution in [2.24, 2.45) is 17.8 Å². The number of ether oxygens (including phenoxy) is 6. The normalized spacial score (nSPS) is 39.4. The summed E-state index contributed by atoms with van der Waals surface area (Å²) >= 11 is 0. The highest BCUT2D eigenvalue weighted by atomic mass is 16.7. The lowest BCUT2D eigenvalue weighted by Crippen LogP contribution is -2.60. The predicted octanol–water partition coefficient (Wildman–Crippen LogP) is 4.04. The molecule has 0 aliphatic carbocycles. The Balaban J connectivity index is 1.36. The molecule has 0 radical (unpaired) electrons. The number of methoxy groups -OCH3 is 1. The van der Waals surface area contributed by atoms with Crippen molar-refractivity contribution in [1.29, 1.82) is 0 Å². The van der Waals surface area contributed by atoms with Gasteiger partial charge in [-0.25, -0.2) is 0 Å². The number of nitro benzene ring substituents is 1. The van der Waals surface area contributed by atoms with Gasteiger partial charge in [-0.05, 0) is 126 Å². The van der Waals surface area contributed by atoms with Gasteiger partial charge in [0, 0.05) is 63.0 Å². The zero-order valence-electron chi connectivity index (χ0n) is 44.4. The number of unbranched alkanes of at least 4 members (excludes halogenated alkanes) is 1. The lowest BCUT2D eigenvalue weighted by Gasteiger charge is -2.49. The summed E-state index contributed by atoms with van der Waals surface area (Å²) in [6.45, 7) is 19.2. The molecule has 3 saturated heterocycles. The van der Waals surface area contributed by atoms with Gasteiger partial charge in [-0.2, -0.15) is 0 Å². The molecule has 3 aliphatic rings. The topological polar surface area (TPSA) is 254 Å². The molecule has 0 amide bonds. The molecule has 0 bridgehead atoms. The minimum absolute atomic E-state index is 0.0539. The van der Waals surface area contributed by atoms with Crippen molar-refractivity contribution in [3.63, 3.8) is 0 Å². The van der Waals surface area contributed by atoms with Gasteiger partial charge in [-0.3, -0.25) is 19.6 Å². The molecule has 20 nitrogen and oxygen atoms in total. The maximum absolute atomic E-state index is 14.5. The summed E-state index contributed by atoms with van der Waals surface area (Å²) in [4.78, 5) is 29.1. The number of hydrogen-bond donors (Lipinski definition) is 5. The fraction of sp³-hybridized carbons (Fsp3) is 0.824. The largest absolute Gasteiger partial charge is 0.459 e. The Labute approximate surface area is 420 Å². The average Bonchev–Trinajstić information content (AvgIpc) is 3.78. The van der Waals surface area contributed by atoms with Gasteiger partial charge in [-0.15, -0.1) is 5.10 Å². The molecule has 2 aromatic rings. The molecule has 1 aromatic carbocycles. The van der Waals surface area contributed by atoms with E-state index in [2.05, 4.69) is 15.2 Å². The zero-order valence-corrected chi connectivity index (χ0v) is 44.4. The Kier molecular flexibility index (Phi) is 20.5. The van der Waals surface area contributed by atoms with Crippen LogP contribution in [0.25, 0.3) is 0 Å². The number of hydrogen-bond acceptors (Lipinski definition) is 18. The Morgan fingerprint density at radius 3 is 2.27 bits per heavy atom. The first-order valence-electron chi connectivity index (χ1n) is 25.6. The third-order valence-electron chi connectivity index (χ3n) is 15.7. The van der Waals surface area contributed by atoms with Gasteiger partial charge in [0.15, 0.2) is 12.6 Å². The smallest absolute Gasteiger partial charge is 0.311 e. The molecule has 5 N–H and O–H groups in total. The molecule has 3 aliphatic heterocycles. The summed E-state index contributed by atoms with van der Waals surface area (Å²) in [6, 6.07) is 5.55. The maximum atomic E-state index is 14.5. The first kappa shape index (κ1) is 58.6. The Morgan fingerprint density at radius 2 is 1.63 bits per heavy atom. The SMILES string of the molecule is CC[C@H]1OC(=O)[C@H](C)[C@@H](O[C@H]2C[C@@](C)(OC)[C@@H](O)[C@H](C)O2)[C@H](C)[C@@H](O[C@@H]2O[C@H](C)C[C@H](N(C)CCCCc3cn(CCc4ccc([N+](=O)[O-])cc4)nn3)[C@H]2O)[C@](C)(O)C[C@@H](C)CN(C)[C@H](C)[C@@H](O)[C@]1(C)O. The number of carbonyl (C=O) groups excluding carboxylic acids is 1. The number of nitro groups is 1. The van der Waals surface area contributed by atoms with E-state index in [1.807, 2.05) is 46.0 Å². The Hall–Kier alpha value is -3.25. The van der Waals surface area contributed by atoms with Crippen molar-refractivity contribution in [2.75, 3.05) is 34.3 Å². The minimum Gasteiger partial charge on any atom is -0.459 e. The Morgan fingerprint density at radius 1 is 0.958 bits per heavy atom. The van der Waals surface area contributed by atoms with Crippen LogP contribution >= 0.6 is 0 Å². The molecule has 1 aromatic heterocycles. The van der Waals surface area contributed by atoms with E-state index in [9.17, 15) is 40.4 Å². The number of cyclic esters (lactones) is 1. The summed E-state index contributed by atoms with van der Waals surface area (Å²) in [7, 11) is 5.30. The van der Waals surface area contributed by atoms with Gasteiger partial charge in [0.05, 0.1) is 52.2 Å². The van der Waals surface area contributed by atoms with Crippen LogP contribution in [0.1, 0.15) is 119 Å². The lowest BCUT2D eigenvalue weighted by atomic mass is 9.77. The number of nitrogens with zero attached hydrogens (tertiary/aromatic N) is 6. The zero-order chi connectivity index (χ0) is 52.7. The fourth-order valence-corrected chi connectivity index (χ4v) is 11.1. The van der Waals surface area contributed by atoms with Crippen molar-refractivity contribution in [1.82, 2.24) is 24.8 Å². The second kappa shape index (κ2) is 24.9. The highest BCUT2D eigenvalue weighted by molar-refractivity contribution is 5.73. The second-order valence-corrected chi connectivity index (χ2v) is 21.8. The predicted molar refractivity (Wildman–Crippen MR) is 263 cm³/mol. The summed E-state index contributed by atoms with van der Waals surface area (Å²) in [5.74, 6) is -2.77. The fourth-order valence-electron chi connectivity index (χ4n) is 11.1. The number of aryl methyl sites for hydroxylation is 3. The summed E-state index contributed by atoms with van der Waals surface area (Å²) in [5.41, 5.74) is -2.65. The molecule has 4 heterocycles. The standard InChI is InChI=1S/C51H86N6O14/c1-14-40-51(10,63)44(59)34(6)55(12)28-30(2)26-49(8,62)46(32(4)43(33(5)47(61)69-40)70-41-27-50(9,66-13)45(60)35(7)68-41)71-48-42(58)39(25-31(3)67-48)54(11)23-16-15-17-37-29-56(53-52-37)24-22-36-18-20-38(21-19-36)57(64)65/h18-21,29-35,39-46,48,58-60,62-63H,14-17,22-28H2,1-13H3/t30-,31-,32+,33-,34-,35+,39+,40-,41+,42-,43+,44-,45+,46-,48+,49-,50-,51-/m1/s1. The van der Waals surface area contributed by atoms with E-state index in [0.29, 0.717) is 38.9 Å². The van der Waals surface area contributed by atoms with Crippen LogP contribution in [0.2, 0.25) is 0 Å². The first-order chi connectivity index (χ1) is 33.2. The molecule has 3 fully saturated rings. The first-order valence-corrected chi connectivity index (χ1v) is 25.6. The second-order valence-electron chi connectivity index (χ2n) is 21.8. The highest BCUT2D eigenvalue weighted by Gasteiger charge is 2.53. The molecular formula is C51H86N6O14. The van der Waals surface area contributed by atoms with Crippen molar-refractivity contribution < 1.29 is 63.7 Å². The number of aliphatic hydroxyl groups excluding tert-OH is 3. The summed E-state index contributed by atoms with van der Waals surface area (Å²) in [5, 5.41) is 79.2. The van der Waals surface area contributed by atoms with E-state index in [4.69, 9.17) is 28.4 Å². The third-order valence-corrected chi connectivity index (χ3v) is 15.7. The molecule has 20 heteroatoms. The van der Waals surface area contributed by atoms with Crippen molar-refractivity contribution in [3.8, 4) is 0 Å². The van der Waals surface area contributed by atoms with Gasteiger partial charge in [0.25, 0.3) is 5.69 Å². The number of likely N-dealkylation sites (N-methyl/N-ethyl adjacent to an activating group) is 2. The number of rotatable bonds is 16. The van der Waals surface area contributed by atoms with Crippen LogP contribution in [-0.4, -0.2) is 186 Å². The van der Waals surface area contributed by atoms with E-state index in [-0.39, 0.29) is 43.0 Å². The lowest BCUT2D eigenvalue weighted by molar-refractivity contribution is -0.384. The Bertz CT molecular complexity index is 1990. The number of aliphatic hydroxyl groups is 5. The molecular weight excluding hydrogens is 921 g/mol. The molecule has 404 valence electrons. The van der Waals surface area contributed by atoms with E-state index >= 15 is 0 Å². The monoisotopic (exact) mass is 1010 g/mol. The molecule has 0 spiro atoms. The number of non-ortho nitro benzene ring substituents is 1. The van der Waals surface area contributed by atoms with E-state index < -0.39 is 101 Å². The van der Waals surface area contributed by atoms with Gasteiger partial charge in [0.2, 0.25) is 0 Å². The van der Waals surface area contributed by atoms with Crippen LogP contribution in [0.15, 0.2) is 30.5 Å². The quantitative estimate of drug-likeness (QED) is 0.0689. The van der Waals surface area contributed by atoms with Crippen molar-refractivity contribution in [3.05, 3.63) is 51.8 Å². The molecule has 71 heavy (non-hydrogen) atoms. The molecule has 0 saturated carbocycles. The van der Waals surface area contributed by atoms with Crippen LogP contribution < -0.4 is 0 Å². The van der Waals surface area contributed by atoms with Crippen LogP contribution in [0, 0.1) is 27.9 Å². The number of benzene rings is 1. The molecule has 5 rings (SSSR count). The van der Waals surface area contributed by atoms with E-state index in [1.165, 1.54) is 26.2 Å². The third kappa shape index (κ3) is 14.5. The van der Waals surface area contributed by atoms with Crippen LogP contribution in [0.5, 0.6) is 0 Å².